The first-order chi connectivity index (χ1) is 13.7. The van der Waals surface area contributed by atoms with Gasteiger partial charge in [-0.05, 0) is 58.2 Å². The number of hydrogen-bond acceptors (Lipinski definition) is 6. The van der Waals surface area contributed by atoms with E-state index in [-0.39, 0.29) is 5.91 Å². The zero-order valence-electron chi connectivity index (χ0n) is 18.0. The van der Waals surface area contributed by atoms with Gasteiger partial charge in [0.25, 0.3) is 0 Å². The summed E-state index contributed by atoms with van der Waals surface area (Å²) >= 11 is 0. The quantitative estimate of drug-likeness (QED) is 0.401. The highest BCUT2D eigenvalue weighted by Gasteiger charge is 2.15. The summed E-state index contributed by atoms with van der Waals surface area (Å²) in [4.78, 5) is 35.5. The normalized spacial score (nSPS) is 10.8. The first-order valence-electron chi connectivity index (χ1n) is 9.89. The number of ether oxygens (including phenoxy) is 2. The summed E-state index contributed by atoms with van der Waals surface area (Å²) in [5.41, 5.74) is 1.17. The van der Waals surface area contributed by atoms with Crippen molar-refractivity contribution in [1.82, 2.24) is 5.32 Å². The zero-order valence-corrected chi connectivity index (χ0v) is 18.0. The van der Waals surface area contributed by atoms with Gasteiger partial charge in [0, 0.05) is 19.5 Å². The lowest BCUT2D eigenvalue weighted by atomic mass is 10.1. The Bertz CT molecular complexity index is 698. The van der Waals surface area contributed by atoms with E-state index in [9.17, 15) is 14.4 Å². The van der Waals surface area contributed by atoms with Crippen molar-refractivity contribution in [3.8, 4) is 0 Å². The number of rotatable bonds is 10. The maximum absolute atomic E-state index is 12.3. The Morgan fingerprint density at radius 1 is 1.03 bits per heavy atom. The summed E-state index contributed by atoms with van der Waals surface area (Å²) in [6.07, 6.45) is 2.05. The van der Waals surface area contributed by atoms with Gasteiger partial charge in [0.1, 0.15) is 5.60 Å². The molecule has 0 fully saturated rings. The molecule has 1 aromatic rings. The van der Waals surface area contributed by atoms with E-state index < -0.39 is 17.7 Å². The first-order valence-corrected chi connectivity index (χ1v) is 9.89. The molecule has 0 unspecified atom stereocenters. The summed E-state index contributed by atoms with van der Waals surface area (Å²) in [7, 11) is 1.33. The molecule has 162 valence electrons. The number of anilines is 2. The van der Waals surface area contributed by atoms with Crippen molar-refractivity contribution in [3.63, 3.8) is 0 Å². The molecule has 0 aliphatic heterocycles. The summed E-state index contributed by atoms with van der Waals surface area (Å²) in [6, 6.07) is 4.97. The molecule has 3 N–H and O–H groups in total. The molecule has 1 rings (SSSR count). The second-order valence-electron chi connectivity index (χ2n) is 7.61. The van der Waals surface area contributed by atoms with Crippen LogP contribution in [-0.2, 0) is 14.3 Å². The van der Waals surface area contributed by atoms with Gasteiger partial charge < -0.3 is 25.4 Å². The van der Waals surface area contributed by atoms with Crippen LogP contribution in [0.2, 0.25) is 0 Å². The fourth-order valence-corrected chi connectivity index (χ4v) is 2.43. The van der Waals surface area contributed by atoms with Crippen molar-refractivity contribution in [2.45, 2.75) is 59.0 Å². The monoisotopic (exact) mass is 407 g/mol. The zero-order chi connectivity index (χ0) is 21.9. The van der Waals surface area contributed by atoms with E-state index in [1.807, 2.05) is 6.92 Å². The van der Waals surface area contributed by atoms with E-state index in [1.165, 1.54) is 7.11 Å². The highest BCUT2D eigenvalue weighted by atomic mass is 16.6. The van der Waals surface area contributed by atoms with E-state index in [0.717, 1.165) is 6.42 Å². The highest BCUT2D eigenvalue weighted by molar-refractivity contribution is 5.97. The molecule has 0 aliphatic carbocycles. The van der Waals surface area contributed by atoms with Gasteiger partial charge in [-0.15, -0.1) is 0 Å². The molecule has 1 aromatic carbocycles. The van der Waals surface area contributed by atoms with Crippen molar-refractivity contribution in [2.24, 2.45) is 0 Å². The Morgan fingerprint density at radius 2 is 1.76 bits per heavy atom. The summed E-state index contributed by atoms with van der Waals surface area (Å²) in [5.74, 6) is -0.562. The van der Waals surface area contributed by atoms with Gasteiger partial charge in [-0.25, -0.2) is 9.59 Å². The van der Waals surface area contributed by atoms with Crippen LogP contribution in [0.5, 0.6) is 0 Å². The van der Waals surface area contributed by atoms with Crippen LogP contribution < -0.4 is 16.0 Å². The van der Waals surface area contributed by atoms with Crippen LogP contribution in [0.3, 0.4) is 0 Å². The maximum Gasteiger partial charge on any atom is 0.407 e. The van der Waals surface area contributed by atoms with Gasteiger partial charge in [0.2, 0.25) is 5.91 Å². The summed E-state index contributed by atoms with van der Waals surface area (Å²) < 4.78 is 9.90. The smallest absolute Gasteiger partial charge is 0.407 e. The van der Waals surface area contributed by atoms with Crippen molar-refractivity contribution in [1.29, 1.82) is 0 Å². The second kappa shape index (κ2) is 11.9. The van der Waals surface area contributed by atoms with Crippen molar-refractivity contribution in [3.05, 3.63) is 23.8 Å². The molecule has 0 bridgehead atoms. The number of amides is 2. The van der Waals surface area contributed by atoms with Crippen molar-refractivity contribution < 1.29 is 23.9 Å². The maximum atomic E-state index is 12.3. The van der Waals surface area contributed by atoms with E-state index >= 15 is 0 Å². The Labute approximate surface area is 172 Å². The molecule has 0 saturated heterocycles. The molecule has 0 saturated carbocycles. The Balaban J connectivity index is 2.50. The van der Waals surface area contributed by atoms with Gasteiger partial charge in [-0.3, -0.25) is 4.79 Å². The Morgan fingerprint density at radius 3 is 2.38 bits per heavy atom. The van der Waals surface area contributed by atoms with Gasteiger partial charge in [0.15, 0.2) is 0 Å². The molecular formula is C21H33N3O5. The van der Waals surface area contributed by atoms with Crippen molar-refractivity contribution >= 4 is 29.3 Å². The third-order valence-electron chi connectivity index (χ3n) is 3.78. The van der Waals surface area contributed by atoms with Crippen LogP contribution >= 0.6 is 0 Å². The fourth-order valence-electron chi connectivity index (χ4n) is 2.43. The Kier molecular flexibility index (Phi) is 9.99. The number of alkyl carbamates (subject to hydrolysis) is 1. The average Bonchev–Trinajstić information content (AvgIpc) is 2.64. The van der Waals surface area contributed by atoms with Gasteiger partial charge >= 0.3 is 12.1 Å². The minimum atomic E-state index is -0.531. The van der Waals surface area contributed by atoms with Gasteiger partial charge in [-0.1, -0.05) is 6.92 Å². The average molecular weight is 408 g/mol. The van der Waals surface area contributed by atoms with Crippen LogP contribution in [0.1, 0.15) is 63.7 Å². The van der Waals surface area contributed by atoms with Crippen LogP contribution in [0.4, 0.5) is 16.2 Å². The fraction of sp³-hybridized carbons (Fsp3) is 0.571. The van der Waals surface area contributed by atoms with E-state index in [0.29, 0.717) is 49.3 Å². The van der Waals surface area contributed by atoms with Crippen LogP contribution in [0, 0.1) is 0 Å². The van der Waals surface area contributed by atoms with E-state index in [4.69, 9.17) is 9.47 Å². The highest BCUT2D eigenvalue weighted by Crippen LogP contribution is 2.24. The number of nitrogens with one attached hydrogen (secondary N) is 3. The molecule has 0 aromatic heterocycles. The molecular weight excluding hydrogens is 374 g/mol. The minimum absolute atomic E-state index is 0.132. The second-order valence-corrected chi connectivity index (χ2v) is 7.61. The van der Waals surface area contributed by atoms with Crippen LogP contribution in [0.25, 0.3) is 0 Å². The number of unbranched alkanes of at least 4 members (excludes halogenated alkanes) is 1. The molecule has 2 amide bonds. The standard InChI is InChI=1S/C21H33N3O5/c1-6-12-22-17-14-15(19(26)28-5)10-11-16(17)24-18(25)9-7-8-13-23-20(27)29-21(2,3)4/h10-11,14,22H,6-9,12-13H2,1-5H3,(H,23,27)(H,24,25). The molecule has 8 heteroatoms. The predicted molar refractivity (Wildman–Crippen MR) is 113 cm³/mol. The van der Waals surface area contributed by atoms with Gasteiger partial charge in [-0.2, -0.15) is 0 Å². The first kappa shape index (κ1) is 24.3. The molecule has 0 aliphatic rings. The third kappa shape index (κ3) is 9.82. The van der Waals surface area contributed by atoms with Crippen molar-refractivity contribution in [2.75, 3.05) is 30.8 Å². The topological polar surface area (TPSA) is 106 Å². The number of carbonyl (C=O) groups excluding carboxylic acids is 3. The molecule has 0 spiro atoms. The number of esters is 1. The molecule has 0 heterocycles. The lowest BCUT2D eigenvalue weighted by Gasteiger charge is -2.19. The van der Waals surface area contributed by atoms with E-state index in [2.05, 4.69) is 16.0 Å². The minimum Gasteiger partial charge on any atom is -0.465 e. The largest absolute Gasteiger partial charge is 0.465 e. The van der Waals surface area contributed by atoms with E-state index in [1.54, 1.807) is 39.0 Å². The number of methoxy groups -OCH3 is 1. The lowest BCUT2D eigenvalue weighted by molar-refractivity contribution is -0.116. The lowest BCUT2D eigenvalue weighted by Crippen LogP contribution is -2.33. The molecule has 29 heavy (non-hydrogen) atoms. The Hall–Kier alpha value is -2.77. The SMILES string of the molecule is CCCNc1cc(C(=O)OC)ccc1NC(=O)CCCCNC(=O)OC(C)(C)C. The predicted octanol–water partition coefficient (Wildman–Crippen LogP) is 3.93. The molecule has 0 radical (unpaired) electrons. The molecule has 0 atom stereocenters. The summed E-state index contributed by atoms with van der Waals surface area (Å²) in [6.45, 7) is 8.60. The number of hydrogen-bond donors (Lipinski definition) is 3. The van der Waals surface area contributed by atoms with Crippen LogP contribution in [-0.4, -0.2) is 43.8 Å². The van der Waals surface area contributed by atoms with Gasteiger partial charge in [0.05, 0.1) is 24.0 Å². The van der Waals surface area contributed by atoms with Crippen LogP contribution in [0.15, 0.2) is 18.2 Å². The third-order valence-corrected chi connectivity index (χ3v) is 3.78. The summed E-state index contributed by atoms with van der Waals surface area (Å²) in [5, 5.41) is 8.75. The molecule has 8 nitrogen and oxygen atoms in total. The number of carbonyl (C=O) groups is 3. The number of benzene rings is 1.